The molecule has 7 nitrogen and oxygen atoms in total. The summed E-state index contributed by atoms with van der Waals surface area (Å²) in [4.78, 5) is 13.8. The van der Waals surface area contributed by atoms with Crippen molar-refractivity contribution >= 4 is 29.8 Å². The number of ether oxygens (including phenoxy) is 1. The van der Waals surface area contributed by atoms with Gasteiger partial charge in [0.1, 0.15) is 6.04 Å². The molecule has 0 unspecified atom stereocenters. The fraction of sp³-hybridized carbons (Fsp3) is 0.400. The third-order valence-corrected chi connectivity index (χ3v) is 4.41. The van der Waals surface area contributed by atoms with E-state index >= 15 is 0 Å². The van der Waals surface area contributed by atoms with Crippen molar-refractivity contribution in [2.24, 2.45) is 0 Å². The Morgan fingerprint density at radius 1 is 1.50 bits per heavy atom. The van der Waals surface area contributed by atoms with E-state index in [0.29, 0.717) is 23.9 Å². The van der Waals surface area contributed by atoms with Crippen LogP contribution in [0.4, 0.5) is 0 Å². The smallest absolute Gasteiger partial charge is 0.323 e. The maximum Gasteiger partial charge on any atom is 0.323 e. The molecule has 2 aromatic rings. The first kappa shape index (κ1) is 17.1. The van der Waals surface area contributed by atoms with Crippen molar-refractivity contribution in [3.8, 4) is 11.5 Å². The molecule has 2 atom stereocenters. The molecule has 3 rings (SSSR count). The standard InChI is InChI=1S/C15H16ClN3O4S/c1-22-14(21)12-6-11(20)7-18(12)8-19-15(24)23-13(17-19)9-2-4-10(16)5-3-9/h2-5,11-12,20H,6-8H2,1H3/t11-,12+/m1/s1. The van der Waals surface area contributed by atoms with Crippen LogP contribution in [0.15, 0.2) is 28.7 Å². The van der Waals surface area contributed by atoms with E-state index in [2.05, 4.69) is 5.10 Å². The lowest BCUT2D eigenvalue weighted by molar-refractivity contribution is -0.146. The van der Waals surface area contributed by atoms with E-state index in [0.717, 1.165) is 5.56 Å². The Morgan fingerprint density at radius 2 is 2.21 bits per heavy atom. The maximum absolute atomic E-state index is 11.8. The number of likely N-dealkylation sites (tertiary alicyclic amines) is 1. The number of carbonyl (C=O) groups is 1. The van der Waals surface area contributed by atoms with E-state index < -0.39 is 12.1 Å². The number of esters is 1. The predicted molar refractivity (Wildman–Crippen MR) is 88.9 cm³/mol. The molecule has 1 N–H and O–H groups in total. The van der Waals surface area contributed by atoms with Crippen LogP contribution in [0.1, 0.15) is 6.42 Å². The molecule has 1 aromatic carbocycles. The minimum atomic E-state index is -0.592. The van der Waals surface area contributed by atoms with Crippen molar-refractivity contribution < 1.29 is 19.1 Å². The molecule has 0 spiro atoms. The van der Waals surface area contributed by atoms with Crippen LogP contribution in [0, 0.1) is 4.84 Å². The average molecular weight is 370 g/mol. The van der Waals surface area contributed by atoms with Gasteiger partial charge in [-0.2, -0.15) is 0 Å². The van der Waals surface area contributed by atoms with Gasteiger partial charge < -0.3 is 14.3 Å². The van der Waals surface area contributed by atoms with Crippen LogP contribution >= 0.6 is 23.8 Å². The largest absolute Gasteiger partial charge is 0.468 e. The van der Waals surface area contributed by atoms with Crippen LogP contribution in [-0.4, -0.2) is 51.6 Å². The summed E-state index contributed by atoms with van der Waals surface area (Å²) in [7, 11) is 1.33. The van der Waals surface area contributed by atoms with Gasteiger partial charge in [0.15, 0.2) is 0 Å². The molecule has 0 amide bonds. The molecule has 24 heavy (non-hydrogen) atoms. The predicted octanol–water partition coefficient (Wildman–Crippen LogP) is 2.09. The van der Waals surface area contributed by atoms with Gasteiger partial charge in [-0.15, -0.1) is 5.10 Å². The fourth-order valence-electron chi connectivity index (χ4n) is 2.69. The molecule has 1 fully saturated rings. The molecule has 1 aromatic heterocycles. The molecule has 1 aliphatic heterocycles. The highest BCUT2D eigenvalue weighted by Crippen LogP contribution is 2.23. The monoisotopic (exact) mass is 369 g/mol. The van der Waals surface area contributed by atoms with Gasteiger partial charge in [0, 0.05) is 23.6 Å². The van der Waals surface area contributed by atoms with Gasteiger partial charge >= 0.3 is 5.97 Å². The number of β-amino-alcohol motifs (C(OH)–C–C–N with tert-alkyl or cyclic N) is 1. The number of carbonyl (C=O) groups excluding carboxylic acids is 1. The second-order valence-corrected chi connectivity index (χ2v) is 6.31. The number of rotatable bonds is 4. The molecular formula is C15H16ClN3O4S. The average Bonchev–Trinajstić information content (AvgIpc) is 3.11. The van der Waals surface area contributed by atoms with Crippen LogP contribution in [0.2, 0.25) is 5.02 Å². The van der Waals surface area contributed by atoms with Gasteiger partial charge in [0.05, 0.1) is 19.9 Å². The van der Waals surface area contributed by atoms with Gasteiger partial charge in [0.2, 0.25) is 5.89 Å². The van der Waals surface area contributed by atoms with Crippen molar-refractivity contribution in [2.75, 3.05) is 13.7 Å². The van der Waals surface area contributed by atoms with Gasteiger partial charge in [-0.05, 0) is 36.5 Å². The summed E-state index contributed by atoms with van der Waals surface area (Å²) < 4.78 is 11.8. The third-order valence-electron chi connectivity index (χ3n) is 3.87. The zero-order valence-corrected chi connectivity index (χ0v) is 14.5. The van der Waals surface area contributed by atoms with E-state index in [1.807, 2.05) is 0 Å². The summed E-state index contributed by atoms with van der Waals surface area (Å²) in [5.74, 6) is -0.0227. The zero-order chi connectivity index (χ0) is 17.3. The number of halogens is 1. The molecule has 0 radical (unpaired) electrons. The van der Waals surface area contributed by atoms with E-state index in [1.54, 1.807) is 29.2 Å². The Bertz CT molecular complexity index is 789. The first-order valence-corrected chi connectivity index (χ1v) is 8.10. The van der Waals surface area contributed by atoms with Crippen LogP contribution in [0.3, 0.4) is 0 Å². The molecule has 0 bridgehead atoms. The van der Waals surface area contributed by atoms with Crippen LogP contribution < -0.4 is 0 Å². The van der Waals surface area contributed by atoms with Crippen molar-refractivity contribution in [3.63, 3.8) is 0 Å². The fourth-order valence-corrected chi connectivity index (χ4v) is 3.00. The molecule has 128 valence electrons. The molecule has 9 heteroatoms. The number of nitrogens with zero attached hydrogens (tertiary/aromatic N) is 3. The number of aliphatic hydroxyl groups is 1. The summed E-state index contributed by atoms with van der Waals surface area (Å²) >= 11 is 11.1. The lowest BCUT2D eigenvalue weighted by atomic mass is 10.2. The molecule has 1 aliphatic rings. The van der Waals surface area contributed by atoms with E-state index in [-0.39, 0.29) is 17.5 Å². The molecular weight excluding hydrogens is 354 g/mol. The summed E-state index contributed by atoms with van der Waals surface area (Å²) in [6.45, 7) is 0.567. The SMILES string of the molecule is COC(=O)[C@@H]1C[C@@H](O)CN1Cn1nc(-c2ccc(Cl)cc2)oc1=S. The summed E-state index contributed by atoms with van der Waals surface area (Å²) in [6.07, 6.45) is -0.270. The minimum absolute atomic E-state index is 0.185. The molecule has 1 saturated heterocycles. The van der Waals surface area contributed by atoms with E-state index in [1.165, 1.54) is 11.8 Å². The Kier molecular flexibility index (Phi) is 5.00. The summed E-state index contributed by atoms with van der Waals surface area (Å²) in [5, 5.41) is 14.8. The van der Waals surface area contributed by atoms with E-state index in [9.17, 15) is 9.90 Å². The van der Waals surface area contributed by atoms with Gasteiger partial charge in [-0.1, -0.05) is 11.6 Å². The first-order valence-electron chi connectivity index (χ1n) is 7.31. The van der Waals surface area contributed by atoms with Crippen molar-refractivity contribution in [2.45, 2.75) is 25.2 Å². The third kappa shape index (κ3) is 3.51. The van der Waals surface area contributed by atoms with Crippen LogP contribution in [-0.2, 0) is 16.2 Å². The first-order chi connectivity index (χ1) is 11.5. The second kappa shape index (κ2) is 7.02. The number of benzene rings is 1. The Morgan fingerprint density at radius 3 is 2.88 bits per heavy atom. The highest BCUT2D eigenvalue weighted by Gasteiger charge is 2.37. The van der Waals surface area contributed by atoms with Crippen LogP contribution in [0.25, 0.3) is 11.5 Å². The van der Waals surface area contributed by atoms with Crippen LogP contribution in [0.5, 0.6) is 0 Å². The van der Waals surface area contributed by atoms with Crippen molar-refractivity contribution in [3.05, 3.63) is 34.1 Å². The van der Waals surface area contributed by atoms with Crippen molar-refractivity contribution in [1.82, 2.24) is 14.7 Å². The molecule has 2 heterocycles. The maximum atomic E-state index is 11.8. The number of aliphatic hydroxyl groups excluding tert-OH is 1. The van der Waals surface area contributed by atoms with Crippen molar-refractivity contribution in [1.29, 1.82) is 0 Å². The Labute approximate surface area is 148 Å². The van der Waals surface area contributed by atoms with Gasteiger partial charge in [-0.25, -0.2) is 4.68 Å². The Hall–Kier alpha value is -1.74. The zero-order valence-electron chi connectivity index (χ0n) is 12.9. The number of hydrogen-bond donors (Lipinski definition) is 1. The van der Waals surface area contributed by atoms with E-state index in [4.69, 9.17) is 33.0 Å². The topological polar surface area (TPSA) is 80.7 Å². The summed E-state index contributed by atoms with van der Waals surface area (Å²) in [6, 6.07) is 6.51. The van der Waals surface area contributed by atoms with Gasteiger partial charge in [-0.3, -0.25) is 9.69 Å². The highest BCUT2D eigenvalue weighted by molar-refractivity contribution is 7.71. The summed E-state index contributed by atoms with van der Waals surface area (Å²) in [5.41, 5.74) is 0.746. The highest BCUT2D eigenvalue weighted by atomic mass is 35.5. The molecule has 0 saturated carbocycles. The Balaban J connectivity index is 1.81. The van der Waals surface area contributed by atoms with Gasteiger partial charge in [0.25, 0.3) is 4.84 Å². The quantitative estimate of drug-likeness (QED) is 0.652. The lowest BCUT2D eigenvalue weighted by Crippen LogP contribution is -2.38. The second-order valence-electron chi connectivity index (χ2n) is 5.52. The lowest BCUT2D eigenvalue weighted by Gasteiger charge is -2.21. The number of hydrogen-bond acceptors (Lipinski definition) is 7. The minimum Gasteiger partial charge on any atom is -0.468 e. The molecule has 0 aliphatic carbocycles. The normalized spacial score (nSPS) is 21.1. The number of aromatic nitrogens is 2. The number of methoxy groups -OCH3 is 1.